The molecule has 1 unspecified atom stereocenters. The molecule has 3 aromatic rings. The van der Waals surface area contributed by atoms with E-state index in [0.717, 1.165) is 73.8 Å². The summed E-state index contributed by atoms with van der Waals surface area (Å²) in [5.74, 6) is -0.370. The SMILES string of the molecule is O=C(O)[C@H](Cc1ccc2c(c1)CCC(CCCNc1ncc[nH]1)O2)NS(=O)(=O)c1ccc(F)cc1. The molecule has 9 nitrogen and oxygen atoms in total. The average Bonchev–Trinajstić information content (AvgIpc) is 3.35. The number of nitrogens with zero attached hydrogens (tertiary/aromatic N) is 1. The van der Waals surface area contributed by atoms with Gasteiger partial charge in [0.15, 0.2) is 5.95 Å². The first-order chi connectivity index (χ1) is 16.8. The highest BCUT2D eigenvalue weighted by atomic mass is 32.2. The molecule has 0 bridgehead atoms. The van der Waals surface area contributed by atoms with Gasteiger partial charge in [-0.05, 0) is 73.6 Å². The van der Waals surface area contributed by atoms with E-state index in [0.29, 0.717) is 5.56 Å². The zero-order valence-corrected chi connectivity index (χ0v) is 19.7. The fourth-order valence-electron chi connectivity index (χ4n) is 4.01. The molecule has 4 N–H and O–H groups in total. The van der Waals surface area contributed by atoms with Crippen LogP contribution in [-0.4, -0.2) is 48.2 Å². The van der Waals surface area contributed by atoms with Gasteiger partial charge in [0.2, 0.25) is 10.0 Å². The summed E-state index contributed by atoms with van der Waals surface area (Å²) >= 11 is 0. The van der Waals surface area contributed by atoms with Gasteiger partial charge >= 0.3 is 5.97 Å². The fourth-order valence-corrected chi connectivity index (χ4v) is 5.20. The van der Waals surface area contributed by atoms with Gasteiger partial charge in [0, 0.05) is 18.9 Å². The van der Waals surface area contributed by atoms with Crippen LogP contribution in [0.3, 0.4) is 0 Å². The molecule has 4 rings (SSSR count). The molecule has 2 atom stereocenters. The lowest BCUT2D eigenvalue weighted by Crippen LogP contribution is -2.42. The van der Waals surface area contributed by atoms with Gasteiger partial charge in [0.25, 0.3) is 0 Å². The van der Waals surface area contributed by atoms with Crippen LogP contribution in [-0.2, 0) is 27.7 Å². The highest BCUT2D eigenvalue weighted by Gasteiger charge is 2.27. The largest absolute Gasteiger partial charge is 0.490 e. The van der Waals surface area contributed by atoms with E-state index < -0.39 is 27.9 Å². The minimum Gasteiger partial charge on any atom is -0.490 e. The Balaban J connectivity index is 1.34. The molecule has 1 aliphatic heterocycles. The molecule has 0 fully saturated rings. The molecule has 2 heterocycles. The smallest absolute Gasteiger partial charge is 0.322 e. The summed E-state index contributed by atoms with van der Waals surface area (Å²) in [7, 11) is -4.12. The summed E-state index contributed by atoms with van der Waals surface area (Å²) in [6.07, 6.45) is 6.96. The first-order valence-corrected chi connectivity index (χ1v) is 12.8. The van der Waals surface area contributed by atoms with E-state index in [9.17, 15) is 22.7 Å². The van der Waals surface area contributed by atoms with Crippen molar-refractivity contribution < 1.29 is 27.4 Å². The van der Waals surface area contributed by atoms with Gasteiger partial charge in [-0.25, -0.2) is 17.8 Å². The molecule has 11 heteroatoms. The lowest BCUT2D eigenvalue weighted by molar-refractivity contribution is -0.138. The number of carboxylic acids is 1. The fraction of sp³-hybridized carbons (Fsp3) is 0.333. The molecule has 186 valence electrons. The first-order valence-electron chi connectivity index (χ1n) is 11.3. The van der Waals surface area contributed by atoms with Gasteiger partial charge < -0.3 is 20.1 Å². The molecule has 0 saturated carbocycles. The van der Waals surface area contributed by atoms with E-state index in [4.69, 9.17) is 4.74 Å². The van der Waals surface area contributed by atoms with Crippen LogP contribution in [0.1, 0.15) is 30.4 Å². The predicted octanol–water partition coefficient (Wildman–Crippen LogP) is 3.11. The summed E-state index contributed by atoms with van der Waals surface area (Å²) in [5.41, 5.74) is 1.65. The predicted molar refractivity (Wildman–Crippen MR) is 127 cm³/mol. The third-order valence-electron chi connectivity index (χ3n) is 5.81. The molecule has 2 aromatic carbocycles. The minimum absolute atomic E-state index is 0.0368. The molecule has 1 aliphatic rings. The number of rotatable bonds is 11. The number of anilines is 1. The van der Waals surface area contributed by atoms with Gasteiger partial charge in [-0.1, -0.05) is 12.1 Å². The Bertz CT molecular complexity index is 1250. The second-order valence-corrected chi connectivity index (χ2v) is 10.1. The number of imidazole rings is 1. The van der Waals surface area contributed by atoms with Crippen molar-refractivity contribution in [2.75, 3.05) is 11.9 Å². The normalized spacial score (nSPS) is 16.2. The molecule has 0 spiro atoms. The standard InChI is InChI=1S/C24H27FN4O5S/c25-18-5-8-20(9-6-18)35(32,33)29-21(23(30)31)15-16-3-10-22-17(14-16)4-7-19(34-22)2-1-11-26-24-27-12-13-28-24/h3,5-6,8-10,12-14,19,21,29H,1-2,4,7,11,15H2,(H,30,31)(H2,26,27,28)/t19?,21-/m0/s1. The number of carboxylic acid groups (broad SMARTS) is 1. The van der Waals surface area contributed by atoms with E-state index in [2.05, 4.69) is 20.0 Å². The molecular formula is C24H27FN4O5S. The number of carbonyl (C=O) groups is 1. The van der Waals surface area contributed by atoms with Crippen molar-refractivity contribution in [1.82, 2.24) is 14.7 Å². The van der Waals surface area contributed by atoms with Gasteiger partial charge in [-0.3, -0.25) is 4.79 Å². The Morgan fingerprint density at radius 3 is 2.77 bits per heavy atom. The maximum Gasteiger partial charge on any atom is 0.322 e. The molecule has 1 aromatic heterocycles. The van der Waals surface area contributed by atoms with E-state index in [-0.39, 0.29) is 17.4 Å². The molecule has 0 saturated heterocycles. The van der Waals surface area contributed by atoms with Crippen molar-refractivity contribution in [3.63, 3.8) is 0 Å². The van der Waals surface area contributed by atoms with Crippen LogP contribution in [0.2, 0.25) is 0 Å². The van der Waals surface area contributed by atoms with Crippen LogP contribution >= 0.6 is 0 Å². The number of hydrogen-bond donors (Lipinski definition) is 4. The quantitative estimate of drug-likeness (QED) is 0.296. The third kappa shape index (κ3) is 6.58. The van der Waals surface area contributed by atoms with Gasteiger partial charge in [-0.2, -0.15) is 4.72 Å². The third-order valence-corrected chi connectivity index (χ3v) is 7.29. The van der Waals surface area contributed by atoms with E-state index >= 15 is 0 Å². The number of aliphatic carboxylic acids is 1. The number of sulfonamides is 1. The number of fused-ring (bicyclic) bond motifs is 1. The Labute approximate surface area is 202 Å². The highest BCUT2D eigenvalue weighted by Crippen LogP contribution is 2.30. The van der Waals surface area contributed by atoms with Gasteiger partial charge in [0.05, 0.1) is 11.0 Å². The lowest BCUT2D eigenvalue weighted by atomic mass is 9.96. The number of H-pyrrole nitrogens is 1. The summed E-state index contributed by atoms with van der Waals surface area (Å²) in [4.78, 5) is 18.7. The Morgan fingerprint density at radius 2 is 2.06 bits per heavy atom. The van der Waals surface area contributed by atoms with Crippen LogP contribution in [0, 0.1) is 5.82 Å². The number of nitrogens with one attached hydrogen (secondary N) is 3. The highest BCUT2D eigenvalue weighted by molar-refractivity contribution is 7.89. The summed E-state index contributed by atoms with van der Waals surface area (Å²) in [6.45, 7) is 0.781. The van der Waals surface area contributed by atoms with Gasteiger partial charge in [-0.15, -0.1) is 0 Å². The lowest BCUT2D eigenvalue weighted by Gasteiger charge is -2.27. The van der Waals surface area contributed by atoms with Crippen molar-refractivity contribution in [3.8, 4) is 5.75 Å². The summed E-state index contributed by atoms with van der Waals surface area (Å²) in [6, 6.07) is 8.27. The van der Waals surface area contributed by atoms with Crippen LogP contribution in [0.25, 0.3) is 0 Å². The van der Waals surface area contributed by atoms with E-state index in [1.165, 1.54) is 0 Å². The Morgan fingerprint density at radius 1 is 1.26 bits per heavy atom. The number of hydrogen-bond acceptors (Lipinski definition) is 6. The average molecular weight is 503 g/mol. The topological polar surface area (TPSA) is 133 Å². The van der Waals surface area contributed by atoms with Crippen molar-refractivity contribution in [3.05, 3.63) is 71.8 Å². The van der Waals surface area contributed by atoms with Crippen molar-refractivity contribution in [2.24, 2.45) is 0 Å². The second-order valence-electron chi connectivity index (χ2n) is 8.40. The Hall–Kier alpha value is -3.44. The zero-order chi connectivity index (χ0) is 24.8. The minimum atomic E-state index is -4.12. The number of aromatic nitrogens is 2. The number of ether oxygens (including phenoxy) is 1. The first kappa shape index (κ1) is 24.7. The van der Waals surface area contributed by atoms with Crippen LogP contribution in [0.5, 0.6) is 5.75 Å². The van der Waals surface area contributed by atoms with E-state index in [1.54, 1.807) is 18.5 Å². The van der Waals surface area contributed by atoms with Crippen LogP contribution < -0.4 is 14.8 Å². The van der Waals surface area contributed by atoms with Crippen molar-refractivity contribution >= 4 is 21.9 Å². The summed E-state index contributed by atoms with van der Waals surface area (Å²) in [5, 5.41) is 12.8. The second kappa shape index (κ2) is 10.9. The maximum atomic E-state index is 13.1. The molecule has 0 aliphatic carbocycles. The van der Waals surface area contributed by atoms with E-state index in [1.807, 2.05) is 12.1 Å². The molecule has 0 amide bonds. The number of aryl methyl sites for hydroxylation is 1. The zero-order valence-electron chi connectivity index (χ0n) is 18.9. The number of benzene rings is 2. The molecule has 0 radical (unpaired) electrons. The van der Waals surface area contributed by atoms with Crippen LogP contribution in [0.4, 0.5) is 10.3 Å². The number of aromatic amines is 1. The van der Waals surface area contributed by atoms with Crippen molar-refractivity contribution in [2.45, 2.75) is 49.1 Å². The van der Waals surface area contributed by atoms with Crippen molar-refractivity contribution in [1.29, 1.82) is 0 Å². The monoisotopic (exact) mass is 502 g/mol. The summed E-state index contributed by atoms with van der Waals surface area (Å²) < 4.78 is 46.6. The molecular weight excluding hydrogens is 475 g/mol. The number of halogens is 1. The maximum absolute atomic E-state index is 13.1. The van der Waals surface area contributed by atoms with Crippen LogP contribution in [0.15, 0.2) is 59.8 Å². The van der Waals surface area contributed by atoms with Gasteiger partial charge in [0.1, 0.15) is 17.6 Å². The Kier molecular flexibility index (Phi) is 7.67. The molecule has 35 heavy (non-hydrogen) atoms.